The van der Waals surface area contributed by atoms with Gasteiger partial charge in [0, 0.05) is 54.9 Å². The molecule has 2 saturated heterocycles. The molecule has 2 heterocycles. The van der Waals surface area contributed by atoms with Gasteiger partial charge in [-0.1, -0.05) is 23.2 Å². The van der Waals surface area contributed by atoms with Gasteiger partial charge in [0.25, 0.3) is 5.91 Å². The number of morpholine rings is 1. The fourth-order valence-electron chi connectivity index (χ4n) is 3.95. The highest BCUT2D eigenvalue weighted by Crippen LogP contribution is 2.31. The summed E-state index contributed by atoms with van der Waals surface area (Å²) < 4.78 is 5.49. The SMILES string of the molecule is CSc1ccc(N2CCOCC2)c(C(=O)N2CCN(c3ccc(Cl)cc3Cl)CC2)c1. The van der Waals surface area contributed by atoms with Gasteiger partial charge in [-0.2, -0.15) is 0 Å². The van der Waals surface area contributed by atoms with Crippen LogP contribution >= 0.6 is 35.0 Å². The highest BCUT2D eigenvalue weighted by atomic mass is 35.5. The molecular weight excluding hydrogens is 441 g/mol. The van der Waals surface area contributed by atoms with Crippen LogP contribution in [-0.2, 0) is 4.74 Å². The predicted molar refractivity (Wildman–Crippen MR) is 126 cm³/mol. The summed E-state index contributed by atoms with van der Waals surface area (Å²) in [6, 6.07) is 11.8. The van der Waals surface area contributed by atoms with Gasteiger partial charge >= 0.3 is 0 Å². The van der Waals surface area contributed by atoms with Crippen molar-refractivity contribution in [1.29, 1.82) is 0 Å². The molecule has 1 amide bonds. The number of ether oxygens (including phenoxy) is 1. The molecule has 2 aliphatic rings. The molecule has 0 bridgehead atoms. The molecule has 2 fully saturated rings. The number of piperazine rings is 1. The zero-order chi connectivity index (χ0) is 21.1. The fourth-order valence-corrected chi connectivity index (χ4v) is 4.92. The van der Waals surface area contributed by atoms with E-state index in [2.05, 4.69) is 21.9 Å². The molecule has 4 rings (SSSR count). The van der Waals surface area contributed by atoms with Crippen LogP contribution in [0, 0.1) is 0 Å². The van der Waals surface area contributed by atoms with Crippen LogP contribution in [0.2, 0.25) is 10.0 Å². The number of rotatable bonds is 4. The number of halogens is 2. The van der Waals surface area contributed by atoms with Crippen LogP contribution in [0.1, 0.15) is 10.4 Å². The van der Waals surface area contributed by atoms with Crippen LogP contribution in [0.25, 0.3) is 0 Å². The molecular formula is C22H25Cl2N3O2S. The van der Waals surface area contributed by atoms with Gasteiger partial charge in [0.1, 0.15) is 0 Å². The maximum Gasteiger partial charge on any atom is 0.256 e. The molecule has 2 aliphatic heterocycles. The average molecular weight is 466 g/mol. The minimum Gasteiger partial charge on any atom is -0.378 e. The quantitative estimate of drug-likeness (QED) is 0.620. The third-order valence-electron chi connectivity index (χ3n) is 5.60. The van der Waals surface area contributed by atoms with E-state index >= 15 is 0 Å². The van der Waals surface area contributed by atoms with Crippen molar-refractivity contribution in [2.24, 2.45) is 0 Å². The number of anilines is 2. The molecule has 0 aliphatic carbocycles. The topological polar surface area (TPSA) is 36.0 Å². The van der Waals surface area contributed by atoms with Gasteiger partial charge in [0.2, 0.25) is 0 Å². The lowest BCUT2D eigenvalue weighted by Crippen LogP contribution is -2.49. The minimum atomic E-state index is 0.0919. The van der Waals surface area contributed by atoms with Crippen molar-refractivity contribution in [3.8, 4) is 0 Å². The van der Waals surface area contributed by atoms with Crippen molar-refractivity contribution in [3.63, 3.8) is 0 Å². The van der Waals surface area contributed by atoms with Crippen molar-refractivity contribution < 1.29 is 9.53 Å². The molecule has 8 heteroatoms. The zero-order valence-corrected chi connectivity index (χ0v) is 19.3. The van der Waals surface area contributed by atoms with E-state index in [1.807, 2.05) is 29.4 Å². The molecule has 0 radical (unpaired) electrons. The van der Waals surface area contributed by atoms with E-state index in [4.69, 9.17) is 27.9 Å². The first kappa shape index (κ1) is 21.6. The number of hydrogen-bond donors (Lipinski definition) is 0. The van der Waals surface area contributed by atoms with Crippen molar-refractivity contribution in [1.82, 2.24) is 4.90 Å². The number of carbonyl (C=O) groups excluding carboxylic acids is 1. The van der Waals surface area contributed by atoms with E-state index in [0.717, 1.165) is 48.0 Å². The monoisotopic (exact) mass is 465 g/mol. The van der Waals surface area contributed by atoms with Crippen LogP contribution in [0.5, 0.6) is 0 Å². The Hall–Kier alpha value is -1.60. The fraction of sp³-hybridized carbons (Fsp3) is 0.409. The van der Waals surface area contributed by atoms with Crippen molar-refractivity contribution in [3.05, 3.63) is 52.0 Å². The first-order valence-corrected chi connectivity index (χ1v) is 12.0. The van der Waals surface area contributed by atoms with Crippen LogP contribution in [0.3, 0.4) is 0 Å². The van der Waals surface area contributed by atoms with Crippen molar-refractivity contribution in [2.75, 3.05) is 68.5 Å². The minimum absolute atomic E-state index is 0.0919. The Morgan fingerprint density at radius 2 is 1.57 bits per heavy atom. The number of nitrogens with zero attached hydrogens (tertiary/aromatic N) is 3. The Balaban J connectivity index is 1.51. The second-order valence-corrected chi connectivity index (χ2v) is 9.08. The van der Waals surface area contributed by atoms with Gasteiger partial charge < -0.3 is 19.4 Å². The lowest BCUT2D eigenvalue weighted by molar-refractivity contribution is 0.0746. The second kappa shape index (κ2) is 9.69. The largest absolute Gasteiger partial charge is 0.378 e. The molecule has 2 aromatic carbocycles. The molecule has 0 saturated carbocycles. The molecule has 0 atom stereocenters. The van der Waals surface area contributed by atoms with E-state index in [9.17, 15) is 4.79 Å². The summed E-state index contributed by atoms with van der Waals surface area (Å²) in [4.78, 5) is 21.0. The summed E-state index contributed by atoms with van der Waals surface area (Å²) in [6.45, 7) is 5.79. The van der Waals surface area contributed by atoms with Crippen molar-refractivity contribution in [2.45, 2.75) is 4.90 Å². The van der Waals surface area contributed by atoms with Gasteiger partial charge in [-0.25, -0.2) is 0 Å². The van der Waals surface area contributed by atoms with Crippen molar-refractivity contribution >= 4 is 52.2 Å². The van der Waals surface area contributed by atoms with Crippen LogP contribution in [0.15, 0.2) is 41.3 Å². The summed E-state index contributed by atoms with van der Waals surface area (Å²) in [7, 11) is 0. The Labute approximate surface area is 191 Å². The van der Waals surface area contributed by atoms with Gasteiger partial charge in [-0.05, 0) is 42.7 Å². The third kappa shape index (κ3) is 4.67. The normalized spacial score (nSPS) is 17.4. The first-order valence-electron chi connectivity index (χ1n) is 10.1. The Morgan fingerprint density at radius 3 is 2.23 bits per heavy atom. The third-order valence-corrected chi connectivity index (χ3v) is 6.87. The van der Waals surface area contributed by atoms with Gasteiger partial charge in [-0.3, -0.25) is 4.79 Å². The maximum absolute atomic E-state index is 13.5. The number of amides is 1. The number of benzene rings is 2. The molecule has 5 nitrogen and oxygen atoms in total. The molecule has 30 heavy (non-hydrogen) atoms. The molecule has 0 aromatic heterocycles. The van der Waals surface area contributed by atoms with Gasteiger partial charge in [0.05, 0.1) is 29.5 Å². The molecule has 2 aromatic rings. The predicted octanol–water partition coefficient (Wildman–Crippen LogP) is 4.51. The number of hydrogen-bond acceptors (Lipinski definition) is 5. The van der Waals surface area contributed by atoms with Gasteiger partial charge in [0.15, 0.2) is 0 Å². The molecule has 160 valence electrons. The van der Waals surface area contributed by atoms with E-state index < -0.39 is 0 Å². The summed E-state index contributed by atoms with van der Waals surface area (Å²) in [5.41, 5.74) is 2.75. The highest BCUT2D eigenvalue weighted by Gasteiger charge is 2.27. The lowest BCUT2D eigenvalue weighted by Gasteiger charge is -2.37. The average Bonchev–Trinajstić information content (AvgIpc) is 2.79. The molecule has 0 spiro atoms. The Morgan fingerprint density at radius 1 is 0.900 bits per heavy atom. The first-order chi connectivity index (χ1) is 14.6. The molecule has 0 unspecified atom stereocenters. The van der Waals surface area contributed by atoms with E-state index in [1.165, 1.54) is 0 Å². The van der Waals surface area contributed by atoms with E-state index in [1.54, 1.807) is 17.8 Å². The zero-order valence-electron chi connectivity index (χ0n) is 16.9. The smallest absolute Gasteiger partial charge is 0.256 e. The van der Waals surface area contributed by atoms with Crippen LogP contribution < -0.4 is 9.80 Å². The van der Waals surface area contributed by atoms with Gasteiger partial charge in [-0.15, -0.1) is 11.8 Å². The standard InChI is InChI=1S/C22H25Cl2N3O2S/c1-30-17-3-5-20(26-10-12-29-13-11-26)18(15-17)22(28)27-8-6-25(7-9-27)21-4-2-16(23)14-19(21)24/h2-5,14-15H,6-13H2,1H3. The highest BCUT2D eigenvalue weighted by molar-refractivity contribution is 7.98. The Bertz CT molecular complexity index is 913. The van der Waals surface area contributed by atoms with Crippen LogP contribution in [0.4, 0.5) is 11.4 Å². The lowest BCUT2D eigenvalue weighted by atomic mass is 10.1. The summed E-state index contributed by atoms with van der Waals surface area (Å²) >= 11 is 14.1. The second-order valence-electron chi connectivity index (χ2n) is 7.36. The number of thioether (sulfide) groups is 1. The maximum atomic E-state index is 13.5. The summed E-state index contributed by atoms with van der Waals surface area (Å²) in [5, 5.41) is 1.27. The Kier molecular flexibility index (Phi) is 6.98. The van der Waals surface area contributed by atoms with Crippen LogP contribution in [-0.4, -0.2) is 69.5 Å². The van der Waals surface area contributed by atoms with E-state index in [-0.39, 0.29) is 5.91 Å². The summed E-state index contributed by atoms with van der Waals surface area (Å²) in [5.74, 6) is 0.0919. The van der Waals surface area contributed by atoms with E-state index in [0.29, 0.717) is 36.3 Å². The number of carbonyl (C=O) groups is 1. The summed E-state index contributed by atoms with van der Waals surface area (Å²) in [6.07, 6.45) is 2.03. The molecule has 0 N–H and O–H groups in total.